The Bertz CT molecular complexity index is 179. The summed E-state index contributed by atoms with van der Waals surface area (Å²) in [6, 6.07) is -0.670. The summed E-state index contributed by atoms with van der Waals surface area (Å²) in [5, 5.41) is 0. The molecule has 1 heterocycles. The van der Waals surface area contributed by atoms with Gasteiger partial charge in [-0.15, -0.1) is 0 Å². The van der Waals surface area contributed by atoms with Crippen LogP contribution in [0.4, 0.5) is 4.79 Å². The summed E-state index contributed by atoms with van der Waals surface area (Å²) >= 11 is 0. The quantitative estimate of drug-likeness (QED) is 0.505. The molecule has 0 spiro atoms. The number of hydrogen-bond donors (Lipinski definition) is 1. The van der Waals surface area contributed by atoms with Gasteiger partial charge >= 0.3 is 6.03 Å². The molecule has 3 amide bonds. The number of hydrogen-bond acceptors (Lipinski definition) is 2. The first-order chi connectivity index (χ1) is 4.63. The average molecular weight is 141 g/mol. The molecule has 0 saturated carbocycles. The number of carbonyl (C=O) groups is 2. The highest BCUT2D eigenvalue weighted by molar-refractivity contribution is 5.96. The van der Waals surface area contributed by atoms with Crippen molar-refractivity contribution in [3.05, 3.63) is 6.92 Å². The standard InChI is InChI=1S/C6H9N2O2/c1-4-2-3-8(5(4)9)6(7)10/h4H,1-3H2,(H2,7,10)/t4-/m0/s1. The van der Waals surface area contributed by atoms with Crippen LogP contribution in [0, 0.1) is 12.8 Å². The van der Waals surface area contributed by atoms with Crippen molar-refractivity contribution in [1.29, 1.82) is 0 Å². The van der Waals surface area contributed by atoms with Crippen LogP contribution >= 0.6 is 0 Å². The number of urea groups is 1. The molecule has 1 rings (SSSR count). The van der Waals surface area contributed by atoms with Gasteiger partial charge in [-0.25, -0.2) is 4.79 Å². The third kappa shape index (κ3) is 0.964. The lowest BCUT2D eigenvalue weighted by molar-refractivity contribution is -0.127. The predicted octanol–water partition coefficient (Wildman–Crippen LogP) is -0.252. The summed E-state index contributed by atoms with van der Waals surface area (Å²) in [5.41, 5.74) is 4.89. The lowest BCUT2D eigenvalue weighted by atomic mass is 10.1. The molecule has 1 aliphatic rings. The summed E-state index contributed by atoms with van der Waals surface area (Å²) in [7, 11) is 0. The molecule has 1 fully saturated rings. The summed E-state index contributed by atoms with van der Waals surface area (Å²) in [6.07, 6.45) is 0.627. The highest BCUT2D eigenvalue weighted by atomic mass is 16.2. The van der Waals surface area contributed by atoms with Crippen molar-refractivity contribution in [1.82, 2.24) is 4.90 Å². The molecule has 2 N–H and O–H groups in total. The van der Waals surface area contributed by atoms with Gasteiger partial charge in [-0.1, -0.05) is 0 Å². The van der Waals surface area contributed by atoms with Crippen molar-refractivity contribution in [2.75, 3.05) is 6.54 Å². The lowest BCUT2D eigenvalue weighted by Gasteiger charge is -2.08. The second-order valence-corrected chi connectivity index (χ2v) is 2.31. The predicted molar refractivity (Wildman–Crippen MR) is 34.8 cm³/mol. The van der Waals surface area contributed by atoms with Gasteiger partial charge in [0, 0.05) is 12.5 Å². The van der Waals surface area contributed by atoms with Gasteiger partial charge in [0.15, 0.2) is 0 Å². The van der Waals surface area contributed by atoms with E-state index in [1.165, 1.54) is 0 Å². The minimum atomic E-state index is -0.670. The Balaban J connectivity index is 2.66. The highest BCUT2D eigenvalue weighted by Gasteiger charge is 2.30. The van der Waals surface area contributed by atoms with E-state index in [1.54, 1.807) is 0 Å². The zero-order valence-corrected chi connectivity index (χ0v) is 5.54. The average Bonchev–Trinajstić information content (AvgIpc) is 2.14. The first-order valence-electron chi connectivity index (χ1n) is 3.07. The van der Waals surface area contributed by atoms with E-state index in [4.69, 9.17) is 5.73 Å². The second kappa shape index (κ2) is 2.28. The molecule has 10 heavy (non-hydrogen) atoms. The number of primary amides is 1. The van der Waals surface area contributed by atoms with Crippen LogP contribution in [0.5, 0.6) is 0 Å². The zero-order chi connectivity index (χ0) is 7.72. The van der Waals surface area contributed by atoms with Crippen LogP contribution in [0.1, 0.15) is 6.42 Å². The maximum Gasteiger partial charge on any atom is 0.321 e. The number of imide groups is 1. The van der Waals surface area contributed by atoms with E-state index >= 15 is 0 Å². The first-order valence-corrected chi connectivity index (χ1v) is 3.07. The molecule has 0 unspecified atom stereocenters. The Hall–Kier alpha value is -1.06. The van der Waals surface area contributed by atoms with Crippen molar-refractivity contribution < 1.29 is 9.59 Å². The summed E-state index contributed by atoms with van der Waals surface area (Å²) in [6.45, 7) is 3.97. The maximum atomic E-state index is 10.9. The SMILES string of the molecule is [CH2][C@H]1CCN(C(N)=O)C1=O. The number of nitrogens with zero attached hydrogens (tertiary/aromatic N) is 1. The topological polar surface area (TPSA) is 63.4 Å². The summed E-state index contributed by atoms with van der Waals surface area (Å²) in [5.74, 6) is -0.542. The van der Waals surface area contributed by atoms with Crippen LogP contribution < -0.4 is 5.73 Å². The summed E-state index contributed by atoms with van der Waals surface area (Å²) in [4.78, 5) is 22.4. The molecule has 4 heteroatoms. The number of nitrogens with two attached hydrogens (primary N) is 1. The van der Waals surface area contributed by atoms with E-state index in [-0.39, 0.29) is 11.8 Å². The van der Waals surface area contributed by atoms with Crippen molar-refractivity contribution >= 4 is 11.9 Å². The molecular weight excluding hydrogens is 132 g/mol. The molecular formula is C6H9N2O2. The van der Waals surface area contributed by atoms with Gasteiger partial charge in [0.25, 0.3) is 0 Å². The Morgan fingerprint density at radius 2 is 2.40 bits per heavy atom. The number of rotatable bonds is 0. The van der Waals surface area contributed by atoms with Gasteiger partial charge < -0.3 is 5.73 Å². The second-order valence-electron chi connectivity index (χ2n) is 2.31. The van der Waals surface area contributed by atoms with Gasteiger partial charge in [0.2, 0.25) is 5.91 Å². The minimum Gasteiger partial charge on any atom is -0.351 e. The van der Waals surface area contributed by atoms with Crippen molar-refractivity contribution in [2.24, 2.45) is 11.7 Å². The lowest BCUT2D eigenvalue weighted by Crippen LogP contribution is -2.37. The maximum absolute atomic E-state index is 10.9. The molecule has 4 nitrogen and oxygen atoms in total. The molecule has 0 aliphatic carbocycles. The molecule has 1 atom stereocenters. The minimum absolute atomic E-state index is 0.257. The number of amides is 3. The number of carbonyl (C=O) groups excluding carboxylic acids is 2. The third-order valence-corrected chi connectivity index (χ3v) is 1.58. The monoisotopic (exact) mass is 141 g/mol. The Labute approximate surface area is 59.0 Å². The normalized spacial score (nSPS) is 25.5. The Morgan fingerprint density at radius 3 is 2.60 bits per heavy atom. The molecule has 0 aromatic carbocycles. The molecule has 1 saturated heterocycles. The van der Waals surface area contributed by atoms with Crippen molar-refractivity contribution in [2.45, 2.75) is 6.42 Å². The van der Waals surface area contributed by atoms with Gasteiger partial charge in [0.1, 0.15) is 0 Å². The van der Waals surface area contributed by atoms with E-state index in [0.29, 0.717) is 13.0 Å². The summed E-state index contributed by atoms with van der Waals surface area (Å²) < 4.78 is 0. The van der Waals surface area contributed by atoms with E-state index < -0.39 is 6.03 Å². The van der Waals surface area contributed by atoms with E-state index in [0.717, 1.165) is 4.90 Å². The number of likely N-dealkylation sites (tertiary alicyclic amines) is 1. The van der Waals surface area contributed by atoms with Crippen LogP contribution in [0.2, 0.25) is 0 Å². The largest absolute Gasteiger partial charge is 0.351 e. The van der Waals surface area contributed by atoms with Crippen LogP contribution in [0.15, 0.2) is 0 Å². The fourth-order valence-corrected chi connectivity index (χ4v) is 0.958. The zero-order valence-electron chi connectivity index (χ0n) is 5.54. The van der Waals surface area contributed by atoms with Crippen LogP contribution in [-0.4, -0.2) is 23.4 Å². The van der Waals surface area contributed by atoms with E-state index in [9.17, 15) is 9.59 Å². The van der Waals surface area contributed by atoms with Gasteiger partial charge in [-0.05, 0) is 13.3 Å². The highest BCUT2D eigenvalue weighted by Crippen LogP contribution is 2.15. The fraction of sp³-hybridized carbons (Fsp3) is 0.500. The van der Waals surface area contributed by atoms with E-state index in [1.807, 2.05) is 0 Å². The molecule has 0 aromatic heterocycles. The van der Waals surface area contributed by atoms with Gasteiger partial charge in [-0.2, -0.15) is 0 Å². The molecule has 0 bridgehead atoms. The van der Waals surface area contributed by atoms with Crippen molar-refractivity contribution in [3.63, 3.8) is 0 Å². The van der Waals surface area contributed by atoms with Crippen LogP contribution in [0.3, 0.4) is 0 Å². The van der Waals surface area contributed by atoms with Gasteiger partial charge in [0.05, 0.1) is 0 Å². The molecule has 55 valence electrons. The third-order valence-electron chi connectivity index (χ3n) is 1.58. The van der Waals surface area contributed by atoms with Crippen LogP contribution in [-0.2, 0) is 4.79 Å². The molecule has 1 aliphatic heterocycles. The molecule has 0 aromatic rings. The van der Waals surface area contributed by atoms with Crippen molar-refractivity contribution in [3.8, 4) is 0 Å². The van der Waals surface area contributed by atoms with Crippen LogP contribution in [0.25, 0.3) is 0 Å². The Kier molecular flexibility index (Phi) is 1.61. The van der Waals surface area contributed by atoms with E-state index in [2.05, 4.69) is 6.92 Å². The molecule has 1 radical (unpaired) electrons. The van der Waals surface area contributed by atoms with Gasteiger partial charge in [-0.3, -0.25) is 9.69 Å². The smallest absolute Gasteiger partial charge is 0.321 e. The fourth-order valence-electron chi connectivity index (χ4n) is 0.958. The Morgan fingerprint density at radius 1 is 1.80 bits per heavy atom. The first kappa shape index (κ1) is 7.05.